The summed E-state index contributed by atoms with van der Waals surface area (Å²) in [6.07, 6.45) is 0. The summed E-state index contributed by atoms with van der Waals surface area (Å²) in [6.45, 7) is 1.65. The number of pyridine rings is 1. The molecule has 0 radical (unpaired) electrons. The van der Waals surface area contributed by atoms with Gasteiger partial charge in [-0.3, -0.25) is 4.79 Å². The van der Waals surface area contributed by atoms with Crippen LogP contribution in [0, 0.1) is 6.92 Å². The Labute approximate surface area is 140 Å². The van der Waals surface area contributed by atoms with Crippen LogP contribution in [0.1, 0.15) is 31.8 Å². The van der Waals surface area contributed by atoms with Crippen molar-refractivity contribution in [2.45, 2.75) is 12.8 Å². The second-order valence-corrected chi connectivity index (χ2v) is 5.32. The Hall–Kier alpha value is -3.00. The zero-order valence-electron chi connectivity index (χ0n) is 12.4. The molecule has 0 atom stereocenters. The number of aromatic nitrogens is 1. The van der Waals surface area contributed by atoms with Crippen molar-refractivity contribution in [3.63, 3.8) is 0 Å². The number of carboxylic acid groups (broad SMARTS) is 2. The lowest BCUT2D eigenvalue weighted by molar-refractivity contribution is 0.0695. The number of hydrogen-bond donors (Lipinski definition) is 5. The smallest absolute Gasteiger partial charge is 0.342 e. The normalized spacial score (nSPS) is 10.6. The number of nitrogens with one attached hydrogen (secondary N) is 1. The maximum absolute atomic E-state index is 12.0. The van der Waals surface area contributed by atoms with Crippen LogP contribution in [0.3, 0.4) is 0 Å². The molecular weight excluding hydrogens is 340 g/mol. The van der Waals surface area contributed by atoms with Gasteiger partial charge in [-0.05, 0) is 18.6 Å². The van der Waals surface area contributed by atoms with Crippen LogP contribution in [0.25, 0.3) is 11.1 Å². The van der Waals surface area contributed by atoms with Gasteiger partial charge in [-0.15, -0.1) is 11.6 Å². The SMILES string of the molecule is Cc1cc(CCl)c(O)c(-c2c(C(=O)O)c(N)[nH]c(=O)c2C(=O)O)c1. The highest BCUT2D eigenvalue weighted by Crippen LogP contribution is 2.38. The number of alkyl halides is 1. The van der Waals surface area contributed by atoms with E-state index in [9.17, 15) is 29.7 Å². The van der Waals surface area contributed by atoms with Gasteiger partial charge in [0.05, 0.1) is 5.88 Å². The number of H-pyrrole nitrogens is 1. The molecule has 1 aromatic heterocycles. The van der Waals surface area contributed by atoms with Gasteiger partial charge < -0.3 is 26.0 Å². The first-order valence-corrected chi connectivity index (χ1v) is 7.13. The van der Waals surface area contributed by atoms with Crippen LogP contribution in [-0.4, -0.2) is 32.2 Å². The van der Waals surface area contributed by atoms with Crippen LogP contribution in [-0.2, 0) is 5.88 Å². The topological polar surface area (TPSA) is 154 Å². The number of phenolic OH excluding ortho intramolecular Hbond substituents is 1. The summed E-state index contributed by atoms with van der Waals surface area (Å²) in [4.78, 5) is 37.0. The van der Waals surface area contributed by atoms with Crippen molar-refractivity contribution in [3.05, 3.63) is 44.7 Å². The van der Waals surface area contributed by atoms with E-state index in [4.69, 9.17) is 17.3 Å². The zero-order chi connectivity index (χ0) is 18.2. The molecule has 1 heterocycles. The van der Waals surface area contributed by atoms with E-state index in [1.165, 1.54) is 6.07 Å². The molecule has 6 N–H and O–H groups in total. The van der Waals surface area contributed by atoms with Gasteiger partial charge in [0, 0.05) is 16.7 Å². The van der Waals surface area contributed by atoms with Crippen molar-refractivity contribution < 1.29 is 24.9 Å². The summed E-state index contributed by atoms with van der Waals surface area (Å²) in [5, 5.41) is 29.1. The van der Waals surface area contributed by atoms with Gasteiger partial charge in [0.15, 0.2) is 0 Å². The number of phenols is 1. The maximum atomic E-state index is 12.0. The second kappa shape index (κ2) is 6.25. The van der Waals surface area contributed by atoms with Crippen LogP contribution >= 0.6 is 11.6 Å². The molecule has 0 amide bonds. The van der Waals surface area contributed by atoms with Gasteiger partial charge in [-0.25, -0.2) is 9.59 Å². The van der Waals surface area contributed by atoms with Crippen molar-refractivity contribution in [2.24, 2.45) is 0 Å². The average Bonchev–Trinajstić information content (AvgIpc) is 2.47. The van der Waals surface area contributed by atoms with Crippen LogP contribution in [0.2, 0.25) is 0 Å². The number of aryl methyl sites for hydroxylation is 1. The van der Waals surface area contributed by atoms with E-state index in [0.717, 1.165) is 0 Å². The molecule has 126 valence electrons. The van der Waals surface area contributed by atoms with Crippen molar-refractivity contribution in [3.8, 4) is 16.9 Å². The summed E-state index contributed by atoms with van der Waals surface area (Å²) in [6, 6.07) is 2.92. The van der Waals surface area contributed by atoms with Crippen LogP contribution in [0.4, 0.5) is 5.82 Å². The average molecular weight is 353 g/mol. The number of nitrogen functional groups attached to an aromatic ring is 1. The number of aromatic carboxylic acids is 2. The number of aromatic hydroxyl groups is 1. The van der Waals surface area contributed by atoms with Gasteiger partial charge in [-0.1, -0.05) is 6.07 Å². The van der Waals surface area contributed by atoms with Gasteiger partial charge in [-0.2, -0.15) is 0 Å². The fraction of sp³-hybridized carbons (Fsp3) is 0.133. The number of carboxylic acids is 2. The number of carbonyl (C=O) groups is 2. The Balaban J connectivity index is 3.08. The molecule has 2 aromatic rings. The molecule has 0 fully saturated rings. The molecule has 24 heavy (non-hydrogen) atoms. The molecule has 0 saturated carbocycles. The van der Waals surface area contributed by atoms with Gasteiger partial charge >= 0.3 is 11.9 Å². The third-order valence-corrected chi connectivity index (χ3v) is 3.71. The van der Waals surface area contributed by atoms with Crippen LogP contribution < -0.4 is 11.3 Å². The number of nitrogens with two attached hydrogens (primary N) is 1. The molecular formula is C15H13ClN2O6. The van der Waals surface area contributed by atoms with Crippen LogP contribution in [0.15, 0.2) is 16.9 Å². The molecule has 0 unspecified atom stereocenters. The Morgan fingerprint density at radius 1 is 1.21 bits per heavy atom. The lowest BCUT2D eigenvalue weighted by Crippen LogP contribution is -2.24. The highest BCUT2D eigenvalue weighted by molar-refractivity contribution is 6.17. The molecule has 8 nitrogen and oxygen atoms in total. The van der Waals surface area contributed by atoms with Gasteiger partial charge in [0.1, 0.15) is 22.7 Å². The Kier molecular flexibility index (Phi) is 4.52. The molecule has 0 aliphatic rings. The third-order valence-electron chi connectivity index (χ3n) is 3.42. The Bertz CT molecular complexity index is 919. The van der Waals surface area contributed by atoms with E-state index in [0.29, 0.717) is 5.56 Å². The Morgan fingerprint density at radius 3 is 2.29 bits per heavy atom. The first-order valence-electron chi connectivity index (χ1n) is 6.60. The predicted octanol–water partition coefficient (Wildman–Crippen LogP) is 1.77. The van der Waals surface area contributed by atoms with Crippen molar-refractivity contribution >= 4 is 29.4 Å². The van der Waals surface area contributed by atoms with Crippen molar-refractivity contribution in [1.82, 2.24) is 4.98 Å². The summed E-state index contributed by atoms with van der Waals surface area (Å²) in [7, 11) is 0. The van der Waals surface area contributed by atoms with E-state index in [2.05, 4.69) is 0 Å². The maximum Gasteiger partial charge on any atom is 0.342 e. The number of anilines is 1. The minimum atomic E-state index is -1.65. The fourth-order valence-electron chi connectivity index (χ4n) is 2.46. The minimum absolute atomic E-state index is 0.0933. The molecule has 0 aliphatic heterocycles. The summed E-state index contributed by atoms with van der Waals surface area (Å²) in [5.74, 6) is -4.22. The molecule has 2 rings (SSSR count). The highest BCUT2D eigenvalue weighted by atomic mass is 35.5. The molecule has 0 bridgehead atoms. The second-order valence-electron chi connectivity index (χ2n) is 5.06. The van der Waals surface area contributed by atoms with E-state index < -0.39 is 45.8 Å². The van der Waals surface area contributed by atoms with Crippen molar-refractivity contribution in [2.75, 3.05) is 5.73 Å². The third kappa shape index (κ3) is 2.79. The van der Waals surface area contributed by atoms with Crippen LogP contribution in [0.5, 0.6) is 5.75 Å². The quantitative estimate of drug-likeness (QED) is 0.525. The summed E-state index contributed by atoms with van der Waals surface area (Å²) in [5.41, 5.74) is 3.27. The monoisotopic (exact) mass is 352 g/mol. The van der Waals surface area contributed by atoms with Crippen molar-refractivity contribution in [1.29, 1.82) is 0 Å². The largest absolute Gasteiger partial charge is 0.507 e. The number of benzene rings is 1. The first-order chi connectivity index (χ1) is 11.2. The number of halogens is 1. The highest BCUT2D eigenvalue weighted by Gasteiger charge is 2.28. The number of rotatable bonds is 4. The summed E-state index contributed by atoms with van der Waals surface area (Å²) < 4.78 is 0. The van der Waals surface area contributed by atoms with E-state index in [1.54, 1.807) is 13.0 Å². The molecule has 0 saturated heterocycles. The number of hydrogen-bond acceptors (Lipinski definition) is 5. The molecule has 0 aliphatic carbocycles. The van der Waals surface area contributed by atoms with Gasteiger partial charge in [0.25, 0.3) is 5.56 Å². The van der Waals surface area contributed by atoms with E-state index in [1.807, 2.05) is 4.98 Å². The molecule has 1 aromatic carbocycles. The first kappa shape index (κ1) is 17.4. The molecule has 0 spiro atoms. The lowest BCUT2D eigenvalue weighted by Gasteiger charge is -2.15. The zero-order valence-corrected chi connectivity index (χ0v) is 13.1. The fourth-order valence-corrected chi connectivity index (χ4v) is 2.67. The summed E-state index contributed by atoms with van der Waals surface area (Å²) >= 11 is 5.75. The lowest BCUT2D eigenvalue weighted by atomic mass is 9.92. The van der Waals surface area contributed by atoms with Gasteiger partial charge in [0.2, 0.25) is 0 Å². The van der Waals surface area contributed by atoms with E-state index >= 15 is 0 Å². The Morgan fingerprint density at radius 2 is 1.79 bits per heavy atom. The number of aromatic amines is 1. The molecule has 9 heteroatoms. The minimum Gasteiger partial charge on any atom is -0.507 e. The standard InChI is InChI=1S/C15H13ClN2O6/c1-5-2-6(4-16)11(19)7(3-5)8-9(14(21)22)12(17)18-13(20)10(8)15(23)24/h2-3,19H,4H2,1H3,(H,21,22)(H,23,24)(H3,17,18,20). The van der Waals surface area contributed by atoms with E-state index in [-0.39, 0.29) is 17.0 Å². The predicted molar refractivity (Wildman–Crippen MR) is 86.8 cm³/mol.